The number of hydrogen-bond acceptors (Lipinski definition) is 3. The molecule has 2 aliphatic heterocycles. The summed E-state index contributed by atoms with van der Waals surface area (Å²) in [5.41, 5.74) is 2.27. The Hall–Kier alpha value is -2.70. The number of carbonyl (C=O) groups is 2. The summed E-state index contributed by atoms with van der Waals surface area (Å²) in [6, 6.07) is 14.5. The van der Waals surface area contributed by atoms with Gasteiger partial charge in [0.15, 0.2) is 0 Å². The highest BCUT2D eigenvalue weighted by Crippen LogP contribution is 2.33. The van der Waals surface area contributed by atoms with Crippen LogP contribution in [0.3, 0.4) is 0 Å². The van der Waals surface area contributed by atoms with E-state index in [1.165, 1.54) is 37.0 Å². The summed E-state index contributed by atoms with van der Waals surface area (Å²) in [5, 5.41) is 3.46. The van der Waals surface area contributed by atoms with Crippen molar-refractivity contribution in [2.45, 2.75) is 51.0 Å². The van der Waals surface area contributed by atoms with Crippen LogP contribution in [0, 0.1) is 17.7 Å². The van der Waals surface area contributed by atoms with Gasteiger partial charge in [-0.2, -0.15) is 0 Å². The zero-order valence-corrected chi connectivity index (χ0v) is 21.9. The number of rotatable bonds is 8. The van der Waals surface area contributed by atoms with Crippen LogP contribution in [-0.2, 0) is 4.79 Å². The van der Waals surface area contributed by atoms with Gasteiger partial charge in [0.05, 0.1) is 16.6 Å². The van der Waals surface area contributed by atoms with Crippen molar-refractivity contribution in [3.05, 3.63) is 82.3 Å². The van der Waals surface area contributed by atoms with E-state index in [0.29, 0.717) is 18.9 Å². The molecule has 7 heteroatoms. The van der Waals surface area contributed by atoms with Crippen molar-refractivity contribution in [2.75, 3.05) is 26.2 Å². The second-order valence-corrected chi connectivity index (χ2v) is 11.1. The molecule has 196 valence electrons. The van der Waals surface area contributed by atoms with Gasteiger partial charge in [-0.3, -0.25) is 14.5 Å². The van der Waals surface area contributed by atoms with Gasteiger partial charge in [0.2, 0.25) is 5.91 Å². The summed E-state index contributed by atoms with van der Waals surface area (Å²) >= 11 is 6.11. The Morgan fingerprint density at radius 2 is 1.81 bits per heavy atom. The Morgan fingerprint density at radius 1 is 1.03 bits per heavy atom. The molecule has 0 radical (unpaired) electrons. The van der Waals surface area contributed by atoms with Gasteiger partial charge in [0.25, 0.3) is 5.91 Å². The molecule has 0 aromatic heterocycles. The minimum atomic E-state index is -0.591. The fourth-order valence-electron chi connectivity index (χ4n) is 6.08. The molecule has 0 spiro atoms. The predicted octanol–water partition coefficient (Wildman–Crippen LogP) is 5.97. The highest BCUT2D eigenvalue weighted by atomic mass is 35.5. The average Bonchev–Trinajstić information content (AvgIpc) is 3.47. The van der Waals surface area contributed by atoms with Crippen LogP contribution in [0.1, 0.15) is 66.9 Å². The molecular formula is C30H35ClFN3O2. The standard InChI is InChI=1S/C30H35ClFN3O2/c31-25-12-7-13-26(32)29(25)30(37)35-19-23-17-34(18-24(23)20-35)15-14-27(22-10-5-2-6-11-22)33-28(36)16-21-8-3-1-4-9-21/h2,5-7,10-13,19,21,24,27H,1,3-4,8-9,14-18,20H2,(H,33,36)/t24?,27-/m0/s1. The van der Waals surface area contributed by atoms with E-state index in [1.54, 1.807) is 11.0 Å². The van der Waals surface area contributed by atoms with Gasteiger partial charge < -0.3 is 10.2 Å². The first-order valence-electron chi connectivity index (χ1n) is 13.5. The molecule has 5 nitrogen and oxygen atoms in total. The molecule has 1 unspecified atom stereocenters. The number of carbonyl (C=O) groups excluding carboxylic acids is 2. The Bertz CT molecular complexity index is 1130. The summed E-state index contributed by atoms with van der Waals surface area (Å²) in [5.74, 6) is -0.0679. The molecule has 5 rings (SSSR count). The maximum atomic E-state index is 14.3. The number of fused-ring (bicyclic) bond motifs is 1. The first-order chi connectivity index (χ1) is 18.0. The van der Waals surface area contributed by atoms with Crippen molar-refractivity contribution < 1.29 is 14.0 Å². The third-order valence-corrected chi connectivity index (χ3v) is 8.37. The molecule has 2 aromatic carbocycles. The Morgan fingerprint density at radius 3 is 2.54 bits per heavy atom. The molecule has 3 aliphatic rings. The Labute approximate surface area is 223 Å². The number of nitrogens with zero attached hydrogens (tertiary/aromatic N) is 2. The minimum absolute atomic E-state index is 0.0204. The zero-order chi connectivity index (χ0) is 25.8. The lowest BCUT2D eigenvalue weighted by molar-refractivity contribution is -0.123. The Balaban J connectivity index is 1.18. The number of benzene rings is 2. The van der Waals surface area contributed by atoms with Gasteiger partial charge in [0, 0.05) is 44.7 Å². The fraction of sp³-hybridized carbons (Fsp3) is 0.467. The van der Waals surface area contributed by atoms with Gasteiger partial charge in [-0.05, 0) is 48.4 Å². The fourth-order valence-corrected chi connectivity index (χ4v) is 6.32. The van der Waals surface area contributed by atoms with Crippen LogP contribution in [0.15, 0.2) is 60.3 Å². The van der Waals surface area contributed by atoms with E-state index in [1.807, 2.05) is 24.4 Å². The van der Waals surface area contributed by atoms with E-state index >= 15 is 0 Å². The first-order valence-corrected chi connectivity index (χ1v) is 13.9. The van der Waals surface area contributed by atoms with Crippen molar-refractivity contribution in [3.8, 4) is 0 Å². The van der Waals surface area contributed by atoms with Gasteiger partial charge in [-0.1, -0.05) is 67.3 Å². The number of halogens is 2. The molecular weight excluding hydrogens is 489 g/mol. The van der Waals surface area contributed by atoms with Crippen LogP contribution in [0.2, 0.25) is 5.02 Å². The number of hydrogen-bond donors (Lipinski definition) is 1. The molecule has 2 fully saturated rings. The molecule has 2 heterocycles. The van der Waals surface area contributed by atoms with Gasteiger partial charge in [-0.15, -0.1) is 0 Å². The minimum Gasteiger partial charge on any atom is -0.349 e. The number of nitrogens with one attached hydrogen (secondary N) is 1. The third kappa shape index (κ3) is 6.24. The van der Waals surface area contributed by atoms with Crippen LogP contribution in [-0.4, -0.2) is 47.8 Å². The molecule has 37 heavy (non-hydrogen) atoms. The quantitative estimate of drug-likeness (QED) is 0.464. The summed E-state index contributed by atoms with van der Waals surface area (Å²) in [7, 11) is 0. The smallest absolute Gasteiger partial charge is 0.262 e. The Kier molecular flexibility index (Phi) is 8.26. The van der Waals surface area contributed by atoms with Crippen molar-refractivity contribution in [1.82, 2.24) is 15.1 Å². The van der Waals surface area contributed by atoms with E-state index in [0.717, 1.165) is 44.5 Å². The van der Waals surface area contributed by atoms with Crippen molar-refractivity contribution in [3.63, 3.8) is 0 Å². The summed E-state index contributed by atoms with van der Waals surface area (Å²) < 4.78 is 14.3. The molecule has 1 saturated carbocycles. The number of amides is 2. The topological polar surface area (TPSA) is 52.7 Å². The van der Waals surface area contributed by atoms with Crippen LogP contribution in [0.25, 0.3) is 0 Å². The molecule has 2 amide bonds. The average molecular weight is 524 g/mol. The van der Waals surface area contributed by atoms with E-state index in [4.69, 9.17) is 11.6 Å². The highest BCUT2D eigenvalue weighted by Gasteiger charge is 2.36. The molecule has 1 N–H and O–H groups in total. The number of likely N-dealkylation sites (tertiary alicyclic amines) is 1. The molecule has 2 atom stereocenters. The van der Waals surface area contributed by atoms with Crippen molar-refractivity contribution >= 4 is 23.4 Å². The lowest BCUT2D eigenvalue weighted by atomic mass is 9.86. The first kappa shape index (κ1) is 25.9. The second kappa shape index (κ2) is 11.8. The molecule has 0 bridgehead atoms. The van der Waals surface area contributed by atoms with Crippen molar-refractivity contribution in [2.24, 2.45) is 11.8 Å². The van der Waals surface area contributed by atoms with Gasteiger partial charge >= 0.3 is 0 Å². The van der Waals surface area contributed by atoms with Gasteiger partial charge in [-0.25, -0.2) is 4.39 Å². The maximum absolute atomic E-state index is 14.3. The van der Waals surface area contributed by atoms with E-state index < -0.39 is 5.82 Å². The SMILES string of the molecule is O=C(CC1CCCCC1)N[C@@H](CCN1CC2=CN(C(=O)c3c(F)cccc3Cl)CC2C1)c1ccccc1. The maximum Gasteiger partial charge on any atom is 0.262 e. The van der Waals surface area contributed by atoms with Crippen LogP contribution >= 0.6 is 11.6 Å². The summed E-state index contributed by atoms with van der Waals surface area (Å²) in [6.45, 7) is 3.01. The second-order valence-electron chi connectivity index (χ2n) is 10.7. The van der Waals surface area contributed by atoms with Gasteiger partial charge in [0.1, 0.15) is 5.82 Å². The highest BCUT2D eigenvalue weighted by molar-refractivity contribution is 6.33. The molecule has 1 aliphatic carbocycles. The lowest BCUT2D eigenvalue weighted by Gasteiger charge is -2.26. The molecule has 2 aromatic rings. The van der Waals surface area contributed by atoms with E-state index in [-0.39, 0.29) is 34.4 Å². The summed E-state index contributed by atoms with van der Waals surface area (Å²) in [4.78, 5) is 29.8. The van der Waals surface area contributed by atoms with E-state index in [9.17, 15) is 14.0 Å². The van der Waals surface area contributed by atoms with Crippen LogP contribution in [0.5, 0.6) is 0 Å². The van der Waals surface area contributed by atoms with E-state index in [2.05, 4.69) is 22.3 Å². The zero-order valence-electron chi connectivity index (χ0n) is 21.2. The monoisotopic (exact) mass is 523 g/mol. The van der Waals surface area contributed by atoms with Crippen molar-refractivity contribution in [1.29, 1.82) is 0 Å². The summed E-state index contributed by atoms with van der Waals surface area (Å²) in [6.07, 6.45) is 9.42. The van der Waals surface area contributed by atoms with Crippen LogP contribution < -0.4 is 5.32 Å². The third-order valence-electron chi connectivity index (χ3n) is 8.06. The largest absolute Gasteiger partial charge is 0.349 e. The predicted molar refractivity (Wildman–Crippen MR) is 144 cm³/mol. The lowest BCUT2D eigenvalue weighted by Crippen LogP contribution is -2.34. The molecule has 1 saturated heterocycles. The van der Waals surface area contributed by atoms with Crippen LogP contribution in [0.4, 0.5) is 4.39 Å². The normalized spacial score (nSPS) is 21.0.